The highest BCUT2D eigenvalue weighted by atomic mass is 79.9. The van der Waals surface area contributed by atoms with Gasteiger partial charge in [0.05, 0.1) is 10.6 Å². The van der Waals surface area contributed by atoms with E-state index in [0.717, 1.165) is 15.6 Å². The molecule has 0 aromatic heterocycles. The van der Waals surface area contributed by atoms with Gasteiger partial charge in [0.15, 0.2) is 0 Å². The van der Waals surface area contributed by atoms with Crippen LogP contribution < -0.4 is 4.90 Å². The van der Waals surface area contributed by atoms with Gasteiger partial charge in [-0.05, 0) is 55.0 Å². The molecule has 0 saturated heterocycles. The molecular weight excluding hydrogens is 446 g/mol. The Balaban J connectivity index is 1.78. The van der Waals surface area contributed by atoms with Crippen LogP contribution in [0.25, 0.3) is 6.08 Å². The first-order valence-electron chi connectivity index (χ1n) is 9.14. The first kappa shape index (κ1) is 19.7. The number of carbonyl (C=O) groups is 1. The molecule has 4 rings (SSSR count). The Morgan fingerprint density at radius 1 is 0.967 bits per heavy atom. The summed E-state index contributed by atoms with van der Waals surface area (Å²) in [7, 11) is 0. The molecule has 0 atom stereocenters. The second-order valence-electron chi connectivity index (χ2n) is 6.80. The zero-order valence-electron chi connectivity index (χ0n) is 15.9. The Labute approximate surface area is 181 Å². The Morgan fingerprint density at radius 2 is 1.60 bits per heavy atom. The monoisotopic (exact) mass is 461 g/mol. The molecule has 1 amide bonds. The summed E-state index contributed by atoms with van der Waals surface area (Å²) in [6, 6.07) is 21.3. The molecule has 0 bridgehead atoms. The lowest BCUT2D eigenvalue weighted by atomic mass is 10.1. The van der Waals surface area contributed by atoms with E-state index in [1.54, 1.807) is 23.1 Å². The summed E-state index contributed by atoms with van der Waals surface area (Å²) >= 11 is 3.42. The molecule has 30 heavy (non-hydrogen) atoms. The van der Waals surface area contributed by atoms with Gasteiger partial charge < -0.3 is 0 Å². The third kappa shape index (κ3) is 3.92. The number of hydrogen-bond donors (Lipinski definition) is 0. The molecule has 0 unspecified atom stereocenters. The van der Waals surface area contributed by atoms with Crippen LogP contribution in [-0.4, -0.2) is 16.7 Å². The minimum absolute atomic E-state index is 0.00441. The topological polar surface area (TPSA) is 75.8 Å². The van der Waals surface area contributed by atoms with Gasteiger partial charge in [-0.2, -0.15) is 0 Å². The van der Waals surface area contributed by atoms with Crippen LogP contribution in [0.3, 0.4) is 0 Å². The maximum absolute atomic E-state index is 13.2. The molecule has 0 radical (unpaired) electrons. The smallest absolute Gasteiger partial charge is 0.266 e. The van der Waals surface area contributed by atoms with E-state index in [1.807, 2.05) is 55.5 Å². The number of benzene rings is 3. The SMILES string of the molecule is Cc1ccc(C2=N/C(=C/c3ccc([N+](=O)[O-])cc3)C(=O)N2c2ccc(Br)cc2)cc1. The fraction of sp³-hybridized carbons (Fsp3) is 0.0435. The summed E-state index contributed by atoms with van der Waals surface area (Å²) in [5.41, 5.74) is 3.56. The molecule has 0 spiro atoms. The lowest BCUT2D eigenvalue weighted by Crippen LogP contribution is -2.32. The van der Waals surface area contributed by atoms with Crippen LogP contribution in [0.4, 0.5) is 11.4 Å². The van der Waals surface area contributed by atoms with Crippen molar-refractivity contribution in [3.63, 3.8) is 0 Å². The molecule has 148 valence electrons. The lowest BCUT2D eigenvalue weighted by Gasteiger charge is -2.18. The number of hydrogen-bond acceptors (Lipinski definition) is 4. The van der Waals surface area contributed by atoms with Gasteiger partial charge in [0.25, 0.3) is 11.6 Å². The van der Waals surface area contributed by atoms with Gasteiger partial charge in [-0.3, -0.25) is 19.8 Å². The Bertz CT molecular complexity index is 1180. The van der Waals surface area contributed by atoms with E-state index < -0.39 is 4.92 Å². The highest BCUT2D eigenvalue weighted by Crippen LogP contribution is 2.29. The second kappa shape index (κ2) is 8.04. The minimum Gasteiger partial charge on any atom is -0.266 e. The average molecular weight is 462 g/mol. The number of nitro benzene ring substituents is 1. The van der Waals surface area contributed by atoms with E-state index >= 15 is 0 Å². The number of aliphatic imine (C=N–C) groups is 1. The number of rotatable bonds is 4. The molecule has 7 heteroatoms. The average Bonchev–Trinajstić information content (AvgIpc) is 3.06. The van der Waals surface area contributed by atoms with E-state index in [2.05, 4.69) is 20.9 Å². The predicted octanol–water partition coefficient (Wildman–Crippen LogP) is 5.50. The number of nitro groups is 1. The van der Waals surface area contributed by atoms with Gasteiger partial charge in [0, 0.05) is 22.2 Å². The van der Waals surface area contributed by atoms with Crippen LogP contribution in [0.15, 0.2) is 88.0 Å². The number of carbonyl (C=O) groups excluding carboxylic acids is 1. The summed E-state index contributed by atoms with van der Waals surface area (Å²) in [5.74, 6) is 0.279. The highest BCUT2D eigenvalue weighted by Gasteiger charge is 2.32. The highest BCUT2D eigenvalue weighted by molar-refractivity contribution is 9.10. The Hall–Kier alpha value is -3.58. The molecule has 3 aromatic carbocycles. The zero-order valence-corrected chi connectivity index (χ0v) is 17.5. The van der Waals surface area contributed by atoms with Crippen molar-refractivity contribution >= 4 is 45.1 Å². The second-order valence-corrected chi connectivity index (χ2v) is 7.71. The van der Waals surface area contributed by atoms with Crippen LogP contribution in [0, 0.1) is 17.0 Å². The normalized spacial score (nSPS) is 14.9. The molecule has 0 aliphatic carbocycles. The maximum atomic E-state index is 13.2. The standard InChI is InChI=1S/C23H16BrN3O3/c1-15-2-6-17(7-3-15)22-25-21(14-16-4-10-20(11-5-16)27(29)30)23(28)26(22)19-12-8-18(24)9-13-19/h2-14H,1H3/b21-14+. The van der Waals surface area contributed by atoms with Crippen molar-refractivity contribution in [3.05, 3.63) is 110 Å². The third-order valence-electron chi connectivity index (χ3n) is 4.66. The number of amidine groups is 1. The molecule has 1 aliphatic heterocycles. The third-order valence-corrected chi connectivity index (χ3v) is 5.19. The number of non-ortho nitro benzene ring substituents is 1. The number of halogens is 1. The van der Waals surface area contributed by atoms with Crippen LogP contribution in [0.2, 0.25) is 0 Å². The first-order chi connectivity index (χ1) is 14.4. The molecular formula is C23H16BrN3O3. The summed E-state index contributed by atoms with van der Waals surface area (Å²) < 4.78 is 0.911. The Kier molecular flexibility index (Phi) is 5.29. The zero-order chi connectivity index (χ0) is 21.3. The van der Waals surface area contributed by atoms with E-state index in [-0.39, 0.29) is 17.3 Å². The number of nitrogens with zero attached hydrogens (tertiary/aromatic N) is 3. The van der Waals surface area contributed by atoms with Crippen molar-refractivity contribution in [2.45, 2.75) is 6.92 Å². The van der Waals surface area contributed by atoms with Crippen LogP contribution in [-0.2, 0) is 4.79 Å². The van der Waals surface area contributed by atoms with Gasteiger partial charge in [-0.1, -0.05) is 45.8 Å². The van der Waals surface area contributed by atoms with E-state index in [9.17, 15) is 14.9 Å². The van der Waals surface area contributed by atoms with Crippen molar-refractivity contribution in [2.75, 3.05) is 4.90 Å². The Morgan fingerprint density at radius 3 is 2.20 bits per heavy atom. The largest absolute Gasteiger partial charge is 0.282 e. The summed E-state index contributed by atoms with van der Waals surface area (Å²) in [5, 5.41) is 10.9. The van der Waals surface area contributed by atoms with Gasteiger partial charge in [-0.15, -0.1) is 0 Å². The number of anilines is 1. The van der Waals surface area contributed by atoms with Crippen molar-refractivity contribution in [3.8, 4) is 0 Å². The quantitative estimate of drug-likeness (QED) is 0.292. The van der Waals surface area contributed by atoms with E-state index in [4.69, 9.17) is 0 Å². The molecule has 1 aliphatic rings. The summed E-state index contributed by atoms with van der Waals surface area (Å²) in [6.07, 6.45) is 1.64. The van der Waals surface area contributed by atoms with Gasteiger partial charge in [-0.25, -0.2) is 4.99 Å². The molecule has 0 saturated carbocycles. The van der Waals surface area contributed by atoms with Gasteiger partial charge >= 0.3 is 0 Å². The van der Waals surface area contributed by atoms with Gasteiger partial charge in [0.2, 0.25) is 0 Å². The fourth-order valence-corrected chi connectivity index (χ4v) is 3.36. The molecule has 0 N–H and O–H groups in total. The van der Waals surface area contributed by atoms with Crippen LogP contribution in [0.1, 0.15) is 16.7 Å². The van der Waals surface area contributed by atoms with Crippen molar-refractivity contribution in [2.24, 2.45) is 4.99 Å². The predicted molar refractivity (Wildman–Crippen MR) is 120 cm³/mol. The molecule has 6 nitrogen and oxygen atoms in total. The first-order valence-corrected chi connectivity index (χ1v) is 9.93. The molecule has 3 aromatic rings. The number of aryl methyl sites for hydroxylation is 1. The molecule has 1 heterocycles. The molecule has 0 fully saturated rings. The van der Waals surface area contributed by atoms with E-state index in [1.165, 1.54) is 12.1 Å². The van der Waals surface area contributed by atoms with Crippen molar-refractivity contribution in [1.82, 2.24) is 0 Å². The van der Waals surface area contributed by atoms with Crippen molar-refractivity contribution < 1.29 is 9.72 Å². The van der Waals surface area contributed by atoms with Gasteiger partial charge in [0.1, 0.15) is 11.5 Å². The van der Waals surface area contributed by atoms with E-state index in [0.29, 0.717) is 17.1 Å². The van der Waals surface area contributed by atoms with Crippen molar-refractivity contribution in [1.29, 1.82) is 0 Å². The minimum atomic E-state index is -0.458. The van der Waals surface area contributed by atoms with Crippen LogP contribution in [0.5, 0.6) is 0 Å². The lowest BCUT2D eigenvalue weighted by molar-refractivity contribution is -0.384. The van der Waals surface area contributed by atoms with Crippen LogP contribution >= 0.6 is 15.9 Å². The maximum Gasteiger partial charge on any atom is 0.282 e. The fourth-order valence-electron chi connectivity index (χ4n) is 3.09. The summed E-state index contributed by atoms with van der Waals surface area (Å²) in [4.78, 5) is 29.8. The summed E-state index contributed by atoms with van der Waals surface area (Å²) in [6.45, 7) is 2.00. The number of amides is 1.